The molecule has 1 heterocycles. The fraction of sp³-hybridized carbons (Fsp3) is 0.353. The van der Waals surface area contributed by atoms with Gasteiger partial charge in [0, 0.05) is 18.3 Å². The lowest BCUT2D eigenvalue weighted by Crippen LogP contribution is -2.34. The number of hydrogen-bond acceptors (Lipinski definition) is 2. The second-order valence-electron chi connectivity index (χ2n) is 5.56. The predicted octanol–water partition coefficient (Wildman–Crippen LogP) is 3.41. The third kappa shape index (κ3) is 2.28. The summed E-state index contributed by atoms with van der Waals surface area (Å²) in [4.78, 5) is 4.35. The van der Waals surface area contributed by atoms with Crippen LogP contribution in [0.25, 0.3) is 0 Å². The number of rotatable bonds is 2. The number of aliphatic hydroxyl groups is 1. The van der Waals surface area contributed by atoms with Crippen LogP contribution in [-0.2, 0) is 12.0 Å². The zero-order valence-corrected chi connectivity index (χ0v) is 11.2. The van der Waals surface area contributed by atoms with Crippen molar-refractivity contribution in [3.05, 3.63) is 65.5 Å². The Morgan fingerprint density at radius 3 is 2.79 bits per heavy atom. The van der Waals surface area contributed by atoms with Crippen LogP contribution in [0.3, 0.4) is 0 Å². The molecule has 0 saturated carbocycles. The van der Waals surface area contributed by atoms with Gasteiger partial charge in [0.2, 0.25) is 0 Å². The van der Waals surface area contributed by atoms with E-state index in [1.54, 1.807) is 6.20 Å². The van der Waals surface area contributed by atoms with E-state index in [4.69, 9.17) is 0 Å². The highest BCUT2D eigenvalue weighted by Crippen LogP contribution is 2.42. The second-order valence-corrected chi connectivity index (χ2v) is 5.56. The summed E-state index contributed by atoms with van der Waals surface area (Å²) in [5.41, 5.74) is 2.55. The van der Waals surface area contributed by atoms with Gasteiger partial charge in [-0.2, -0.15) is 0 Å². The molecule has 19 heavy (non-hydrogen) atoms. The molecule has 2 aromatic rings. The van der Waals surface area contributed by atoms with Crippen molar-refractivity contribution in [1.29, 1.82) is 0 Å². The van der Waals surface area contributed by atoms with E-state index in [0.29, 0.717) is 12.3 Å². The molecule has 3 rings (SSSR count). The molecule has 2 nitrogen and oxygen atoms in total. The van der Waals surface area contributed by atoms with Crippen molar-refractivity contribution in [2.45, 2.75) is 37.7 Å². The van der Waals surface area contributed by atoms with Crippen LogP contribution in [0.1, 0.15) is 42.5 Å². The number of fused-ring (bicyclic) bond motifs is 1. The Morgan fingerprint density at radius 2 is 2.00 bits per heavy atom. The van der Waals surface area contributed by atoms with E-state index in [1.165, 1.54) is 5.56 Å². The molecule has 1 aromatic heterocycles. The fourth-order valence-electron chi connectivity index (χ4n) is 3.08. The zero-order chi connectivity index (χ0) is 13.3. The van der Waals surface area contributed by atoms with Gasteiger partial charge in [0.15, 0.2) is 0 Å². The number of benzene rings is 1. The molecule has 98 valence electrons. The van der Waals surface area contributed by atoms with E-state index >= 15 is 0 Å². The van der Waals surface area contributed by atoms with Crippen molar-refractivity contribution in [1.82, 2.24) is 4.98 Å². The molecular formula is C17H19NO. The maximum Gasteiger partial charge on any atom is 0.0954 e. The standard InChI is InChI=1S/C17H19NO/c1-13-9-10-17(19,12-14-6-4-5-11-18-14)16-8-3-2-7-15(13)16/h2-8,11,13,19H,9-10,12H2,1H3. The van der Waals surface area contributed by atoms with Crippen LogP contribution in [0.2, 0.25) is 0 Å². The normalized spacial score (nSPS) is 25.9. The van der Waals surface area contributed by atoms with Crippen molar-refractivity contribution < 1.29 is 5.11 Å². The molecular weight excluding hydrogens is 234 g/mol. The Hall–Kier alpha value is -1.67. The van der Waals surface area contributed by atoms with Gasteiger partial charge in [-0.3, -0.25) is 4.98 Å². The van der Waals surface area contributed by atoms with E-state index in [0.717, 1.165) is 24.1 Å². The first kappa shape index (κ1) is 12.4. The van der Waals surface area contributed by atoms with Crippen LogP contribution < -0.4 is 0 Å². The third-order valence-corrected chi connectivity index (χ3v) is 4.18. The molecule has 0 amide bonds. The summed E-state index contributed by atoms with van der Waals surface area (Å²) in [6.45, 7) is 2.24. The van der Waals surface area contributed by atoms with E-state index in [9.17, 15) is 5.11 Å². The maximum absolute atomic E-state index is 11.1. The minimum atomic E-state index is -0.766. The first-order valence-corrected chi connectivity index (χ1v) is 6.91. The van der Waals surface area contributed by atoms with Gasteiger partial charge in [-0.1, -0.05) is 37.3 Å². The molecule has 2 atom stereocenters. The highest BCUT2D eigenvalue weighted by atomic mass is 16.3. The Morgan fingerprint density at radius 1 is 1.21 bits per heavy atom. The summed E-state index contributed by atoms with van der Waals surface area (Å²) in [6.07, 6.45) is 4.22. The van der Waals surface area contributed by atoms with Crippen molar-refractivity contribution in [2.24, 2.45) is 0 Å². The topological polar surface area (TPSA) is 33.1 Å². The molecule has 0 saturated heterocycles. The van der Waals surface area contributed by atoms with Gasteiger partial charge in [-0.05, 0) is 42.0 Å². The van der Waals surface area contributed by atoms with Crippen LogP contribution in [0, 0.1) is 0 Å². The van der Waals surface area contributed by atoms with Crippen molar-refractivity contribution in [3.8, 4) is 0 Å². The van der Waals surface area contributed by atoms with Crippen LogP contribution in [0.15, 0.2) is 48.7 Å². The smallest absolute Gasteiger partial charge is 0.0954 e. The molecule has 0 bridgehead atoms. The van der Waals surface area contributed by atoms with Gasteiger partial charge in [0.05, 0.1) is 5.60 Å². The summed E-state index contributed by atoms with van der Waals surface area (Å²) in [6, 6.07) is 14.1. The Labute approximate surface area is 114 Å². The molecule has 0 spiro atoms. The number of hydrogen-bond donors (Lipinski definition) is 1. The number of aromatic nitrogens is 1. The highest BCUT2D eigenvalue weighted by molar-refractivity contribution is 5.38. The molecule has 2 unspecified atom stereocenters. The zero-order valence-electron chi connectivity index (χ0n) is 11.2. The van der Waals surface area contributed by atoms with Gasteiger partial charge in [-0.25, -0.2) is 0 Å². The first-order valence-electron chi connectivity index (χ1n) is 6.91. The average Bonchev–Trinajstić information content (AvgIpc) is 2.45. The monoisotopic (exact) mass is 253 g/mol. The lowest BCUT2D eigenvalue weighted by molar-refractivity contribution is 0.0150. The summed E-state index contributed by atoms with van der Waals surface area (Å²) in [7, 11) is 0. The predicted molar refractivity (Wildman–Crippen MR) is 75.9 cm³/mol. The van der Waals surface area contributed by atoms with E-state index < -0.39 is 5.60 Å². The van der Waals surface area contributed by atoms with Crippen LogP contribution in [0.5, 0.6) is 0 Å². The van der Waals surface area contributed by atoms with E-state index in [1.807, 2.05) is 24.3 Å². The van der Waals surface area contributed by atoms with Gasteiger partial charge < -0.3 is 5.11 Å². The SMILES string of the molecule is CC1CCC(O)(Cc2ccccn2)c2ccccc21. The summed E-state index contributed by atoms with van der Waals surface area (Å²) in [5, 5.41) is 11.1. The molecule has 0 fully saturated rings. The van der Waals surface area contributed by atoms with Crippen molar-refractivity contribution in [3.63, 3.8) is 0 Å². The van der Waals surface area contributed by atoms with Gasteiger partial charge >= 0.3 is 0 Å². The van der Waals surface area contributed by atoms with Crippen LogP contribution in [0.4, 0.5) is 0 Å². The molecule has 1 aromatic carbocycles. The molecule has 1 aliphatic rings. The largest absolute Gasteiger partial charge is 0.385 e. The summed E-state index contributed by atoms with van der Waals surface area (Å²) >= 11 is 0. The highest BCUT2D eigenvalue weighted by Gasteiger charge is 2.36. The number of nitrogens with zero attached hydrogens (tertiary/aromatic N) is 1. The lowest BCUT2D eigenvalue weighted by atomic mass is 9.72. The third-order valence-electron chi connectivity index (χ3n) is 4.18. The minimum absolute atomic E-state index is 0.528. The maximum atomic E-state index is 11.1. The second kappa shape index (κ2) is 4.78. The van der Waals surface area contributed by atoms with Crippen molar-refractivity contribution >= 4 is 0 Å². The molecule has 0 aliphatic heterocycles. The Kier molecular flexibility index (Phi) is 3.11. The van der Waals surface area contributed by atoms with Gasteiger partial charge in [-0.15, -0.1) is 0 Å². The first-order chi connectivity index (χ1) is 9.19. The van der Waals surface area contributed by atoms with Gasteiger partial charge in [0.1, 0.15) is 0 Å². The minimum Gasteiger partial charge on any atom is -0.385 e. The molecule has 1 N–H and O–H groups in total. The number of pyridine rings is 1. The molecule has 0 radical (unpaired) electrons. The van der Waals surface area contributed by atoms with Crippen LogP contribution >= 0.6 is 0 Å². The van der Waals surface area contributed by atoms with E-state index in [-0.39, 0.29) is 0 Å². The van der Waals surface area contributed by atoms with Gasteiger partial charge in [0.25, 0.3) is 0 Å². The van der Waals surface area contributed by atoms with E-state index in [2.05, 4.69) is 30.1 Å². The molecule has 1 aliphatic carbocycles. The van der Waals surface area contributed by atoms with Crippen molar-refractivity contribution in [2.75, 3.05) is 0 Å². The lowest BCUT2D eigenvalue weighted by Gasteiger charge is -2.37. The average molecular weight is 253 g/mol. The fourth-order valence-corrected chi connectivity index (χ4v) is 3.08. The Bertz CT molecular complexity index is 566. The van der Waals surface area contributed by atoms with Crippen LogP contribution in [-0.4, -0.2) is 10.1 Å². The summed E-state index contributed by atoms with van der Waals surface area (Å²) in [5.74, 6) is 0.528. The Balaban J connectivity index is 1.99. The molecule has 2 heteroatoms. The summed E-state index contributed by atoms with van der Waals surface area (Å²) < 4.78 is 0. The quantitative estimate of drug-likeness (QED) is 0.889.